The summed E-state index contributed by atoms with van der Waals surface area (Å²) in [6.07, 6.45) is 4.85. The Morgan fingerprint density at radius 3 is 2.50 bits per heavy atom. The lowest BCUT2D eigenvalue weighted by atomic mass is 10.00. The molecule has 2 heterocycles. The molecule has 1 aromatic heterocycles. The van der Waals surface area contributed by atoms with Gasteiger partial charge in [0.25, 0.3) is 0 Å². The van der Waals surface area contributed by atoms with Gasteiger partial charge < -0.3 is 18.8 Å². The number of nitrogens with zero attached hydrogens (tertiary/aromatic N) is 2. The fraction of sp³-hybridized carbons (Fsp3) is 0.185. The van der Waals surface area contributed by atoms with Gasteiger partial charge in [0.05, 0.1) is 37.0 Å². The van der Waals surface area contributed by atoms with Crippen molar-refractivity contribution in [3.63, 3.8) is 0 Å². The maximum absolute atomic E-state index is 12.6. The summed E-state index contributed by atoms with van der Waals surface area (Å²) in [4.78, 5) is 16.7. The molecular formula is C27H23ClN2O4. The minimum absolute atomic E-state index is 0.0407. The van der Waals surface area contributed by atoms with Gasteiger partial charge in [-0.05, 0) is 23.3 Å². The zero-order valence-electron chi connectivity index (χ0n) is 18.3. The SMILES string of the molecule is O=C(C[C@H]1CO[C@](Cn2ccnc2)(c2ccc(-c3ccccc3)cc2)O1)Oc1ccccc1Cl. The Morgan fingerprint density at radius 2 is 1.76 bits per heavy atom. The number of halogens is 1. The molecule has 3 aromatic carbocycles. The second kappa shape index (κ2) is 9.81. The first-order chi connectivity index (χ1) is 16.6. The number of hydrogen-bond donors (Lipinski definition) is 0. The van der Waals surface area contributed by atoms with Gasteiger partial charge in [0, 0.05) is 18.0 Å². The smallest absolute Gasteiger partial charge is 0.313 e. The number of benzene rings is 3. The molecule has 0 bridgehead atoms. The molecule has 0 spiro atoms. The number of ether oxygens (including phenoxy) is 3. The van der Waals surface area contributed by atoms with Crippen LogP contribution in [-0.2, 0) is 26.6 Å². The van der Waals surface area contributed by atoms with Crippen molar-refractivity contribution in [1.29, 1.82) is 0 Å². The molecule has 34 heavy (non-hydrogen) atoms. The Morgan fingerprint density at radius 1 is 1.03 bits per heavy atom. The van der Waals surface area contributed by atoms with Crippen LogP contribution in [0.15, 0.2) is 97.6 Å². The van der Waals surface area contributed by atoms with Crippen LogP contribution >= 0.6 is 11.6 Å². The number of imidazole rings is 1. The van der Waals surface area contributed by atoms with Crippen LogP contribution in [0.1, 0.15) is 12.0 Å². The van der Waals surface area contributed by atoms with Crippen LogP contribution in [0.4, 0.5) is 0 Å². The summed E-state index contributed by atoms with van der Waals surface area (Å²) in [5, 5.41) is 0.382. The van der Waals surface area contributed by atoms with E-state index in [1.165, 1.54) is 0 Å². The van der Waals surface area contributed by atoms with Gasteiger partial charge in [0.1, 0.15) is 5.75 Å². The van der Waals surface area contributed by atoms with Crippen molar-refractivity contribution in [2.45, 2.75) is 24.9 Å². The predicted molar refractivity (Wildman–Crippen MR) is 128 cm³/mol. The fourth-order valence-electron chi connectivity index (χ4n) is 4.04. The topological polar surface area (TPSA) is 62.6 Å². The lowest BCUT2D eigenvalue weighted by Crippen LogP contribution is -2.33. The van der Waals surface area contributed by atoms with Gasteiger partial charge in [-0.15, -0.1) is 0 Å². The van der Waals surface area contributed by atoms with Crippen molar-refractivity contribution in [2.24, 2.45) is 0 Å². The second-order valence-electron chi connectivity index (χ2n) is 8.09. The molecule has 6 nitrogen and oxygen atoms in total. The average Bonchev–Trinajstić information content (AvgIpc) is 3.52. The molecule has 1 fully saturated rings. The maximum atomic E-state index is 12.6. The Bertz CT molecular complexity index is 1250. The molecule has 0 amide bonds. The quantitative estimate of drug-likeness (QED) is 0.262. The molecule has 172 valence electrons. The zero-order valence-corrected chi connectivity index (χ0v) is 19.1. The van der Waals surface area contributed by atoms with E-state index in [0.29, 0.717) is 17.3 Å². The summed E-state index contributed by atoms with van der Waals surface area (Å²) in [5.41, 5.74) is 3.09. The molecule has 2 atom stereocenters. The van der Waals surface area contributed by atoms with Gasteiger partial charge in [-0.25, -0.2) is 4.98 Å². The van der Waals surface area contributed by atoms with Crippen LogP contribution in [0.5, 0.6) is 5.75 Å². The van der Waals surface area contributed by atoms with E-state index in [1.54, 1.807) is 36.8 Å². The molecule has 4 aromatic rings. The number of hydrogen-bond acceptors (Lipinski definition) is 5. The lowest BCUT2D eigenvalue weighted by Gasteiger charge is -2.29. The molecule has 0 aliphatic carbocycles. The number of carbonyl (C=O) groups is 1. The van der Waals surface area contributed by atoms with E-state index in [9.17, 15) is 4.79 Å². The third kappa shape index (κ3) is 4.89. The predicted octanol–water partition coefficient (Wildman–Crippen LogP) is 5.47. The molecule has 7 heteroatoms. The van der Waals surface area contributed by atoms with Crippen LogP contribution in [0.25, 0.3) is 11.1 Å². The largest absolute Gasteiger partial charge is 0.425 e. The Kier molecular flexibility index (Phi) is 6.45. The van der Waals surface area contributed by atoms with E-state index in [4.69, 9.17) is 25.8 Å². The molecule has 1 aliphatic heterocycles. The highest BCUT2D eigenvalue weighted by atomic mass is 35.5. The Hall–Kier alpha value is -3.45. The van der Waals surface area contributed by atoms with Crippen molar-refractivity contribution in [3.8, 4) is 16.9 Å². The summed E-state index contributed by atoms with van der Waals surface area (Å²) < 4.78 is 19.9. The molecular weight excluding hydrogens is 452 g/mol. The summed E-state index contributed by atoms with van der Waals surface area (Å²) in [7, 11) is 0. The van der Waals surface area contributed by atoms with E-state index >= 15 is 0 Å². The summed E-state index contributed by atoms with van der Waals surface area (Å²) in [5.74, 6) is -1.15. The van der Waals surface area contributed by atoms with Crippen molar-refractivity contribution in [3.05, 3.63) is 108 Å². The highest BCUT2D eigenvalue weighted by molar-refractivity contribution is 6.32. The minimum Gasteiger partial charge on any atom is -0.425 e. The first kappa shape index (κ1) is 22.3. The van der Waals surface area contributed by atoms with Crippen molar-refractivity contribution >= 4 is 17.6 Å². The van der Waals surface area contributed by atoms with E-state index in [0.717, 1.165) is 16.7 Å². The van der Waals surface area contributed by atoms with Crippen LogP contribution < -0.4 is 4.74 Å². The highest BCUT2D eigenvalue weighted by Crippen LogP contribution is 2.38. The van der Waals surface area contributed by atoms with Gasteiger partial charge in [-0.3, -0.25) is 4.79 Å². The zero-order chi connectivity index (χ0) is 23.4. The molecule has 0 N–H and O–H groups in total. The molecule has 0 saturated carbocycles. The van der Waals surface area contributed by atoms with Gasteiger partial charge in [-0.1, -0.05) is 78.3 Å². The summed E-state index contributed by atoms with van der Waals surface area (Å²) in [6, 6.07) is 25.1. The second-order valence-corrected chi connectivity index (χ2v) is 8.50. The number of carbonyl (C=O) groups excluding carboxylic acids is 1. The van der Waals surface area contributed by atoms with Crippen LogP contribution in [0.3, 0.4) is 0 Å². The molecule has 5 rings (SSSR count). The average molecular weight is 475 g/mol. The normalized spacial score (nSPS) is 19.7. The van der Waals surface area contributed by atoms with Crippen LogP contribution in [0.2, 0.25) is 5.02 Å². The van der Waals surface area contributed by atoms with Gasteiger partial charge in [0.15, 0.2) is 0 Å². The number of aromatic nitrogens is 2. The molecule has 1 saturated heterocycles. The fourth-order valence-corrected chi connectivity index (χ4v) is 4.21. The first-order valence-corrected chi connectivity index (χ1v) is 11.4. The van der Waals surface area contributed by atoms with Crippen LogP contribution in [0, 0.1) is 0 Å². The highest BCUT2D eigenvalue weighted by Gasteiger charge is 2.44. The summed E-state index contributed by atoms with van der Waals surface area (Å²) in [6.45, 7) is 0.653. The maximum Gasteiger partial charge on any atom is 0.313 e. The van der Waals surface area contributed by atoms with Gasteiger partial charge in [0.2, 0.25) is 5.79 Å². The molecule has 1 aliphatic rings. The van der Waals surface area contributed by atoms with Gasteiger partial charge >= 0.3 is 5.97 Å². The van der Waals surface area contributed by atoms with E-state index in [1.807, 2.05) is 53.2 Å². The van der Waals surface area contributed by atoms with Crippen molar-refractivity contribution < 1.29 is 19.0 Å². The Balaban J connectivity index is 1.34. The van der Waals surface area contributed by atoms with Crippen molar-refractivity contribution in [1.82, 2.24) is 9.55 Å². The first-order valence-electron chi connectivity index (χ1n) is 11.0. The van der Waals surface area contributed by atoms with Crippen molar-refractivity contribution in [2.75, 3.05) is 6.61 Å². The number of para-hydroxylation sites is 1. The summed E-state index contributed by atoms with van der Waals surface area (Å²) >= 11 is 6.10. The van der Waals surface area contributed by atoms with E-state index < -0.39 is 17.9 Å². The van der Waals surface area contributed by atoms with Gasteiger partial charge in [-0.2, -0.15) is 0 Å². The third-order valence-corrected chi connectivity index (χ3v) is 6.01. The Labute approximate surface area is 202 Å². The van der Waals surface area contributed by atoms with E-state index in [2.05, 4.69) is 17.1 Å². The third-order valence-electron chi connectivity index (χ3n) is 5.70. The molecule has 0 radical (unpaired) electrons. The van der Waals surface area contributed by atoms with Crippen LogP contribution in [-0.4, -0.2) is 28.2 Å². The molecule has 0 unspecified atom stereocenters. The number of rotatable bonds is 7. The monoisotopic (exact) mass is 474 g/mol. The lowest BCUT2D eigenvalue weighted by molar-refractivity contribution is -0.188. The van der Waals surface area contributed by atoms with E-state index in [-0.39, 0.29) is 13.0 Å². The standard InChI is InChI=1S/C27H23ClN2O4/c28-24-8-4-5-9-25(24)33-26(31)16-23-17-32-27(34-23,18-30-15-14-29-19-30)22-12-10-21(11-13-22)20-6-2-1-3-7-20/h1-15,19,23H,16-18H2/t23-,27-/m0/s1. The number of esters is 1. The minimum atomic E-state index is -1.05.